The van der Waals surface area contributed by atoms with Crippen LogP contribution >= 0.6 is 0 Å². The van der Waals surface area contributed by atoms with E-state index in [-0.39, 0.29) is 11.3 Å². The predicted molar refractivity (Wildman–Crippen MR) is 126 cm³/mol. The van der Waals surface area contributed by atoms with E-state index in [9.17, 15) is 13.7 Å². The van der Waals surface area contributed by atoms with Crippen LogP contribution in [0.15, 0.2) is 83.8 Å². The zero-order chi connectivity index (χ0) is 22.3. The standard InChI is InChI=1S/C26H21N3O2S/c1-18-20-11-6-8-14-25(20)29(32(30,31)19-9-3-2-4-10-19)26(18)17-24-22(15-16-27)21-12-5-7-13-23(21)28-24/h2-14,28H,15,17H2,1H3. The van der Waals surface area contributed by atoms with Gasteiger partial charge >= 0.3 is 0 Å². The van der Waals surface area contributed by atoms with Gasteiger partial charge in [0.1, 0.15) is 0 Å². The molecular formula is C26H21N3O2S. The average Bonchev–Trinajstić information content (AvgIpc) is 3.30. The summed E-state index contributed by atoms with van der Waals surface area (Å²) < 4.78 is 29.0. The maximum absolute atomic E-state index is 13.8. The number of hydrogen-bond acceptors (Lipinski definition) is 3. The van der Waals surface area contributed by atoms with Gasteiger partial charge in [-0.1, -0.05) is 54.6 Å². The maximum Gasteiger partial charge on any atom is 0.268 e. The van der Waals surface area contributed by atoms with Crippen molar-refractivity contribution < 1.29 is 8.42 Å². The number of hydrogen-bond donors (Lipinski definition) is 1. The Kier molecular flexibility index (Phi) is 4.84. The van der Waals surface area contributed by atoms with Crippen molar-refractivity contribution in [3.8, 4) is 6.07 Å². The van der Waals surface area contributed by atoms with Crippen LogP contribution in [0.1, 0.15) is 22.5 Å². The van der Waals surface area contributed by atoms with Gasteiger partial charge in [-0.2, -0.15) is 5.26 Å². The Balaban J connectivity index is 1.77. The normalized spacial score (nSPS) is 11.8. The number of para-hydroxylation sites is 2. The van der Waals surface area contributed by atoms with Gasteiger partial charge in [0.2, 0.25) is 0 Å². The second-order valence-corrected chi connectivity index (χ2v) is 9.60. The predicted octanol–water partition coefficient (Wildman–Crippen LogP) is 5.32. The molecule has 3 aromatic carbocycles. The lowest BCUT2D eigenvalue weighted by atomic mass is 10.0. The van der Waals surface area contributed by atoms with Crippen molar-refractivity contribution in [1.29, 1.82) is 5.26 Å². The van der Waals surface area contributed by atoms with Gasteiger partial charge in [-0.25, -0.2) is 12.4 Å². The number of nitriles is 1. The number of benzene rings is 3. The summed E-state index contributed by atoms with van der Waals surface area (Å²) in [5, 5.41) is 11.3. The number of aromatic amines is 1. The number of rotatable bonds is 5. The van der Waals surface area contributed by atoms with Gasteiger partial charge in [0, 0.05) is 34.1 Å². The van der Waals surface area contributed by atoms with Gasteiger partial charge in [0.15, 0.2) is 0 Å². The Morgan fingerprint density at radius 1 is 0.906 bits per heavy atom. The van der Waals surface area contributed by atoms with Crippen LogP contribution < -0.4 is 0 Å². The van der Waals surface area contributed by atoms with Crippen molar-refractivity contribution >= 4 is 31.8 Å². The first-order valence-corrected chi connectivity index (χ1v) is 11.8. The first kappa shape index (κ1) is 20.1. The van der Waals surface area contributed by atoms with Gasteiger partial charge < -0.3 is 4.98 Å². The second-order valence-electron chi connectivity index (χ2n) is 7.81. The Bertz CT molecular complexity index is 1600. The molecular weight excluding hydrogens is 418 g/mol. The molecule has 0 saturated heterocycles. The van der Waals surface area contributed by atoms with E-state index in [1.807, 2.05) is 55.5 Å². The van der Waals surface area contributed by atoms with Crippen LogP contribution in [0.4, 0.5) is 0 Å². The average molecular weight is 440 g/mol. The van der Waals surface area contributed by atoms with Gasteiger partial charge in [-0.3, -0.25) is 0 Å². The Labute approximate surface area is 186 Å². The number of aryl methyl sites for hydroxylation is 1. The van der Waals surface area contributed by atoms with Crippen LogP contribution in [0.2, 0.25) is 0 Å². The minimum atomic E-state index is -3.81. The molecule has 0 saturated carbocycles. The van der Waals surface area contributed by atoms with Crippen molar-refractivity contribution in [2.75, 3.05) is 0 Å². The largest absolute Gasteiger partial charge is 0.358 e. The van der Waals surface area contributed by atoms with E-state index in [0.717, 1.165) is 33.1 Å². The smallest absolute Gasteiger partial charge is 0.268 e. The fourth-order valence-electron chi connectivity index (χ4n) is 4.45. The fraction of sp³-hybridized carbons (Fsp3) is 0.115. The highest BCUT2D eigenvalue weighted by atomic mass is 32.2. The van der Waals surface area contributed by atoms with Gasteiger partial charge in [-0.05, 0) is 42.3 Å². The van der Waals surface area contributed by atoms with Crippen LogP contribution in [0.3, 0.4) is 0 Å². The number of fused-ring (bicyclic) bond motifs is 2. The zero-order valence-electron chi connectivity index (χ0n) is 17.5. The third-order valence-electron chi connectivity index (χ3n) is 5.99. The highest BCUT2D eigenvalue weighted by molar-refractivity contribution is 7.90. The Hall–Kier alpha value is -3.82. The van der Waals surface area contributed by atoms with E-state index in [1.165, 1.54) is 3.97 Å². The lowest BCUT2D eigenvalue weighted by molar-refractivity contribution is 0.587. The molecule has 2 heterocycles. The highest BCUT2D eigenvalue weighted by Crippen LogP contribution is 2.33. The van der Waals surface area contributed by atoms with Crippen LogP contribution in [-0.2, 0) is 22.9 Å². The minimum absolute atomic E-state index is 0.246. The molecule has 5 nitrogen and oxygen atoms in total. The quantitative estimate of drug-likeness (QED) is 0.402. The summed E-state index contributed by atoms with van der Waals surface area (Å²) in [6.45, 7) is 1.96. The number of nitrogens with zero attached hydrogens (tertiary/aromatic N) is 2. The van der Waals surface area contributed by atoms with E-state index in [2.05, 4.69) is 11.1 Å². The van der Waals surface area contributed by atoms with Crippen LogP contribution in [0, 0.1) is 18.3 Å². The molecule has 0 radical (unpaired) electrons. The molecule has 1 N–H and O–H groups in total. The van der Waals surface area contributed by atoms with E-state index >= 15 is 0 Å². The summed E-state index contributed by atoms with van der Waals surface area (Å²) in [5.41, 5.74) is 4.99. The van der Waals surface area contributed by atoms with Crippen LogP contribution in [0.5, 0.6) is 0 Å². The molecule has 0 atom stereocenters. The Morgan fingerprint density at radius 3 is 2.31 bits per heavy atom. The van der Waals surface area contributed by atoms with Gasteiger partial charge in [0.05, 0.1) is 22.9 Å². The molecule has 2 aromatic heterocycles. The van der Waals surface area contributed by atoms with Crippen molar-refractivity contribution in [2.45, 2.75) is 24.7 Å². The summed E-state index contributed by atoms with van der Waals surface area (Å²) in [6.07, 6.45) is 0.627. The van der Waals surface area contributed by atoms with Crippen LogP contribution in [-0.4, -0.2) is 17.4 Å². The van der Waals surface area contributed by atoms with E-state index in [4.69, 9.17) is 0 Å². The third kappa shape index (κ3) is 3.10. The SMILES string of the molecule is Cc1c(Cc2[nH]c3ccccc3c2CC#N)n(S(=O)(=O)c2ccccc2)c2ccccc12. The van der Waals surface area contributed by atoms with Gasteiger partial charge in [-0.15, -0.1) is 0 Å². The number of aromatic nitrogens is 2. The van der Waals surface area contributed by atoms with Crippen LogP contribution in [0.25, 0.3) is 21.8 Å². The molecule has 0 amide bonds. The van der Waals surface area contributed by atoms with E-state index in [1.54, 1.807) is 30.3 Å². The summed E-state index contributed by atoms with van der Waals surface area (Å²) in [7, 11) is -3.81. The van der Waals surface area contributed by atoms with Crippen molar-refractivity contribution in [2.24, 2.45) is 0 Å². The molecule has 0 aliphatic rings. The topological polar surface area (TPSA) is 78.7 Å². The fourth-order valence-corrected chi connectivity index (χ4v) is 6.07. The lowest BCUT2D eigenvalue weighted by Gasteiger charge is -2.13. The second kappa shape index (κ2) is 7.70. The highest BCUT2D eigenvalue weighted by Gasteiger charge is 2.26. The first-order chi connectivity index (χ1) is 15.5. The molecule has 0 fully saturated rings. The summed E-state index contributed by atoms with van der Waals surface area (Å²) >= 11 is 0. The van der Waals surface area contributed by atoms with Crippen molar-refractivity contribution in [3.63, 3.8) is 0 Å². The molecule has 0 aliphatic carbocycles. The molecule has 0 spiro atoms. The summed E-state index contributed by atoms with van der Waals surface area (Å²) in [4.78, 5) is 3.67. The molecule has 5 aromatic rings. The third-order valence-corrected chi connectivity index (χ3v) is 7.75. The summed E-state index contributed by atoms with van der Waals surface area (Å²) in [6, 6.07) is 26.2. The molecule has 6 heteroatoms. The summed E-state index contributed by atoms with van der Waals surface area (Å²) in [5.74, 6) is 0. The molecule has 32 heavy (non-hydrogen) atoms. The van der Waals surface area contributed by atoms with Crippen molar-refractivity contribution in [3.05, 3.63) is 101 Å². The molecule has 0 aliphatic heterocycles. The van der Waals surface area contributed by atoms with E-state index in [0.29, 0.717) is 17.6 Å². The maximum atomic E-state index is 13.8. The minimum Gasteiger partial charge on any atom is -0.358 e. The van der Waals surface area contributed by atoms with Gasteiger partial charge in [0.25, 0.3) is 10.0 Å². The molecule has 0 bridgehead atoms. The first-order valence-electron chi connectivity index (χ1n) is 10.4. The molecule has 0 unspecified atom stereocenters. The van der Waals surface area contributed by atoms with Crippen molar-refractivity contribution in [1.82, 2.24) is 8.96 Å². The Morgan fingerprint density at radius 2 is 1.56 bits per heavy atom. The number of nitrogens with one attached hydrogen (secondary N) is 1. The lowest BCUT2D eigenvalue weighted by Crippen LogP contribution is -2.16. The van der Waals surface area contributed by atoms with E-state index < -0.39 is 10.0 Å². The molecule has 158 valence electrons. The zero-order valence-corrected chi connectivity index (χ0v) is 18.4. The number of H-pyrrole nitrogens is 1. The monoisotopic (exact) mass is 439 g/mol. The molecule has 5 rings (SSSR count).